The van der Waals surface area contributed by atoms with Crippen LogP contribution in [0.25, 0.3) is 0 Å². The average Bonchev–Trinajstić information content (AvgIpc) is 2.30. The molecule has 0 radical (unpaired) electrons. The van der Waals surface area contributed by atoms with Crippen LogP contribution in [0.15, 0.2) is 12.2 Å². The predicted octanol–water partition coefficient (Wildman–Crippen LogP) is 4.45. The Hall–Kier alpha value is -0.179. The van der Waals surface area contributed by atoms with Crippen LogP contribution < -0.4 is 0 Å². The van der Waals surface area contributed by atoms with Crippen molar-refractivity contribution in [3.05, 3.63) is 12.2 Å². The fourth-order valence-corrected chi connectivity index (χ4v) is 34.4. The fourth-order valence-electron chi connectivity index (χ4n) is 3.62. The Morgan fingerprint density at radius 1 is 1.23 bits per heavy atom. The molecule has 6 heteroatoms. The van der Waals surface area contributed by atoms with Crippen LogP contribution in [-0.4, -0.2) is 40.7 Å². The molecule has 1 unspecified atom stereocenters. The molecule has 1 aliphatic rings. The standard InChI is InChI=1S/C16H34O3Si3/c1-14(2)15(17)18-12-10-11-16(3)13-20(4,5)22(8,9)21(6,7)19-16/h1,10-13H2,2-9H3. The molecule has 0 aromatic rings. The first-order valence-electron chi connectivity index (χ1n) is 8.27. The summed E-state index contributed by atoms with van der Waals surface area (Å²) in [6.45, 7) is 23.1. The van der Waals surface area contributed by atoms with Gasteiger partial charge in [-0.25, -0.2) is 4.79 Å². The molecular weight excluding hydrogens is 324 g/mol. The van der Waals surface area contributed by atoms with E-state index in [1.165, 1.54) is 6.04 Å². The van der Waals surface area contributed by atoms with Crippen molar-refractivity contribution in [2.45, 2.75) is 77.6 Å². The molecule has 0 aliphatic carbocycles. The lowest BCUT2D eigenvalue weighted by Gasteiger charge is -2.58. The molecule has 0 spiro atoms. The van der Waals surface area contributed by atoms with Gasteiger partial charge < -0.3 is 9.16 Å². The molecule has 0 aromatic heterocycles. The second kappa shape index (κ2) is 6.37. The number of esters is 1. The number of hydrogen-bond donors (Lipinski definition) is 0. The van der Waals surface area contributed by atoms with Crippen LogP contribution >= 0.6 is 0 Å². The molecular formula is C16H34O3Si3. The van der Waals surface area contributed by atoms with Gasteiger partial charge in [0.15, 0.2) is 7.83 Å². The summed E-state index contributed by atoms with van der Waals surface area (Å²) < 4.78 is 12.0. The van der Waals surface area contributed by atoms with Crippen molar-refractivity contribution in [1.29, 1.82) is 0 Å². The molecule has 1 atom stereocenters. The Kier molecular flexibility index (Phi) is 5.76. The molecule has 0 saturated carbocycles. The van der Waals surface area contributed by atoms with E-state index < -0.39 is 22.5 Å². The van der Waals surface area contributed by atoms with Crippen molar-refractivity contribution in [3.8, 4) is 0 Å². The van der Waals surface area contributed by atoms with Crippen LogP contribution in [0.5, 0.6) is 0 Å². The van der Waals surface area contributed by atoms with Gasteiger partial charge in [0, 0.05) is 13.2 Å². The van der Waals surface area contributed by atoms with Gasteiger partial charge in [0.25, 0.3) is 0 Å². The largest absolute Gasteiger partial charge is 0.462 e. The minimum absolute atomic E-state index is 0.0242. The molecule has 1 rings (SSSR count). The summed E-state index contributed by atoms with van der Waals surface area (Å²) in [6.07, 6.45) is 1.85. The molecule has 1 fully saturated rings. The van der Waals surface area contributed by atoms with E-state index >= 15 is 0 Å². The number of rotatable bonds is 5. The molecule has 0 aromatic carbocycles. The van der Waals surface area contributed by atoms with Gasteiger partial charge in [-0.05, 0) is 45.8 Å². The summed E-state index contributed by atoms with van der Waals surface area (Å²) >= 11 is 0. The van der Waals surface area contributed by atoms with E-state index in [1.54, 1.807) is 6.92 Å². The van der Waals surface area contributed by atoms with Gasteiger partial charge >= 0.3 is 5.97 Å². The first-order valence-corrected chi connectivity index (χ1v) is 19.4. The highest BCUT2D eigenvalue weighted by atomic mass is 29.6. The summed E-state index contributed by atoms with van der Waals surface area (Å²) in [5, 5.41) is 0. The SMILES string of the molecule is C=C(C)C(=O)OCCCC1(C)C[Si](C)(C)[Si](C)(C)[Si](C)(C)O1. The molecule has 22 heavy (non-hydrogen) atoms. The molecule has 0 amide bonds. The highest BCUT2D eigenvalue weighted by Gasteiger charge is 2.61. The van der Waals surface area contributed by atoms with Gasteiger partial charge in [-0.3, -0.25) is 0 Å². The Bertz CT molecular complexity index is 436. The van der Waals surface area contributed by atoms with Crippen molar-refractivity contribution in [1.82, 2.24) is 0 Å². The zero-order chi connectivity index (χ0) is 17.4. The third-order valence-electron chi connectivity index (χ3n) is 5.95. The van der Waals surface area contributed by atoms with Crippen molar-refractivity contribution in [2.75, 3.05) is 6.61 Å². The lowest BCUT2D eigenvalue weighted by atomic mass is 10.0. The minimum atomic E-state index is -1.61. The summed E-state index contributed by atoms with van der Waals surface area (Å²) in [6, 6.07) is 1.24. The van der Waals surface area contributed by atoms with Gasteiger partial charge in [0.2, 0.25) is 0 Å². The third kappa shape index (κ3) is 4.01. The van der Waals surface area contributed by atoms with Crippen molar-refractivity contribution >= 4 is 28.5 Å². The van der Waals surface area contributed by atoms with E-state index in [2.05, 4.69) is 52.8 Å². The number of hydrogen-bond acceptors (Lipinski definition) is 3. The smallest absolute Gasteiger partial charge is 0.333 e. The summed E-state index contributed by atoms with van der Waals surface area (Å²) in [7, 11) is -4.10. The predicted molar refractivity (Wildman–Crippen MR) is 102 cm³/mol. The van der Waals surface area contributed by atoms with Crippen LogP contribution in [-0.2, 0) is 14.0 Å². The monoisotopic (exact) mass is 358 g/mol. The zero-order valence-electron chi connectivity index (χ0n) is 15.8. The van der Waals surface area contributed by atoms with Crippen LogP contribution in [0, 0.1) is 0 Å². The lowest BCUT2D eigenvalue weighted by Crippen LogP contribution is -2.78. The highest BCUT2D eigenvalue weighted by Crippen LogP contribution is 2.45. The summed E-state index contributed by atoms with van der Waals surface area (Å²) in [5.74, 6) is -0.285. The Morgan fingerprint density at radius 2 is 1.77 bits per heavy atom. The van der Waals surface area contributed by atoms with E-state index in [-0.39, 0.29) is 11.6 Å². The number of carbonyl (C=O) groups is 1. The Morgan fingerprint density at radius 3 is 2.23 bits per heavy atom. The van der Waals surface area contributed by atoms with E-state index in [1.807, 2.05) is 0 Å². The summed E-state index contributed by atoms with van der Waals surface area (Å²) in [4.78, 5) is 11.4. The van der Waals surface area contributed by atoms with Crippen molar-refractivity contribution in [3.63, 3.8) is 0 Å². The maximum atomic E-state index is 11.4. The second-order valence-electron chi connectivity index (χ2n) is 8.77. The average molecular weight is 359 g/mol. The molecule has 0 N–H and O–H groups in total. The fraction of sp³-hybridized carbons (Fsp3) is 0.812. The molecule has 0 bridgehead atoms. The van der Waals surface area contributed by atoms with E-state index in [9.17, 15) is 4.79 Å². The third-order valence-corrected chi connectivity index (χ3v) is 46.5. The van der Waals surface area contributed by atoms with Gasteiger partial charge in [-0.2, -0.15) is 0 Å². The van der Waals surface area contributed by atoms with Gasteiger partial charge in [0.1, 0.15) is 0 Å². The maximum Gasteiger partial charge on any atom is 0.333 e. The quantitative estimate of drug-likeness (QED) is 0.315. The van der Waals surface area contributed by atoms with E-state index in [0.29, 0.717) is 12.2 Å². The maximum absolute atomic E-state index is 11.4. The number of ether oxygens (including phenoxy) is 1. The lowest BCUT2D eigenvalue weighted by molar-refractivity contribution is -0.139. The van der Waals surface area contributed by atoms with Gasteiger partial charge in [0.05, 0.1) is 19.3 Å². The molecule has 3 nitrogen and oxygen atoms in total. The van der Waals surface area contributed by atoms with Gasteiger partial charge in [-0.1, -0.05) is 32.8 Å². The van der Waals surface area contributed by atoms with Crippen LogP contribution in [0.3, 0.4) is 0 Å². The van der Waals surface area contributed by atoms with Crippen LogP contribution in [0.2, 0.25) is 45.3 Å². The van der Waals surface area contributed by atoms with E-state index in [0.717, 1.165) is 12.8 Å². The highest BCUT2D eigenvalue weighted by molar-refractivity contribution is 7.67. The molecule has 1 aliphatic heterocycles. The minimum Gasteiger partial charge on any atom is -0.462 e. The normalized spacial score (nSPS) is 28.9. The first kappa shape index (κ1) is 19.9. The van der Waals surface area contributed by atoms with Crippen molar-refractivity contribution < 1.29 is 14.0 Å². The Labute approximate surface area is 139 Å². The Balaban J connectivity index is 2.68. The van der Waals surface area contributed by atoms with E-state index in [4.69, 9.17) is 9.16 Å². The van der Waals surface area contributed by atoms with Gasteiger partial charge in [-0.15, -0.1) is 0 Å². The topological polar surface area (TPSA) is 35.5 Å². The first-order chi connectivity index (χ1) is 9.74. The molecule has 1 saturated heterocycles. The van der Waals surface area contributed by atoms with Crippen LogP contribution in [0.4, 0.5) is 0 Å². The zero-order valence-corrected chi connectivity index (χ0v) is 18.8. The molecule has 1 heterocycles. The molecule has 128 valence electrons. The second-order valence-corrected chi connectivity index (χ2v) is 36.0. The number of carbonyl (C=O) groups excluding carboxylic acids is 1. The van der Waals surface area contributed by atoms with Crippen LogP contribution in [0.1, 0.15) is 26.7 Å². The summed E-state index contributed by atoms with van der Waals surface area (Å²) in [5.41, 5.74) is 0.443. The van der Waals surface area contributed by atoms with Crippen molar-refractivity contribution in [2.24, 2.45) is 0 Å².